The van der Waals surface area contributed by atoms with Crippen molar-refractivity contribution in [1.29, 1.82) is 10.5 Å². The number of benzene rings is 1. The quantitative estimate of drug-likeness (QED) is 0.109. The van der Waals surface area contributed by atoms with Gasteiger partial charge in [-0.2, -0.15) is 25.3 Å². The maximum atomic E-state index is 13.7. The van der Waals surface area contributed by atoms with Crippen molar-refractivity contribution >= 4 is 25.1 Å². The molecule has 3 heterocycles. The van der Waals surface area contributed by atoms with Crippen LogP contribution in [0, 0.1) is 45.5 Å². The Labute approximate surface area is 258 Å². The molecule has 1 radical (unpaired) electrons. The van der Waals surface area contributed by atoms with Gasteiger partial charge in [0.05, 0.1) is 41.2 Å². The van der Waals surface area contributed by atoms with Gasteiger partial charge in [-0.1, -0.05) is 11.8 Å². The van der Waals surface area contributed by atoms with Gasteiger partial charge in [0.2, 0.25) is 0 Å². The van der Waals surface area contributed by atoms with Crippen LogP contribution in [0.15, 0.2) is 52.6 Å². The summed E-state index contributed by atoms with van der Waals surface area (Å²) >= 11 is 1.23. The van der Waals surface area contributed by atoms with Crippen molar-refractivity contribution in [3.63, 3.8) is 0 Å². The summed E-state index contributed by atoms with van der Waals surface area (Å²) in [5, 5.41) is 37.1. The van der Waals surface area contributed by atoms with E-state index in [0.717, 1.165) is 22.9 Å². The van der Waals surface area contributed by atoms with Crippen LogP contribution in [-0.4, -0.2) is 35.5 Å². The second kappa shape index (κ2) is 12.8. The summed E-state index contributed by atoms with van der Waals surface area (Å²) in [6, 6.07) is 9.93. The van der Waals surface area contributed by atoms with Gasteiger partial charge < -0.3 is 4.89 Å². The molecule has 13 nitrogen and oxygen atoms in total. The topological polar surface area (TPSA) is 182 Å². The van der Waals surface area contributed by atoms with Gasteiger partial charge >= 0.3 is 12.9 Å². The Kier molecular flexibility index (Phi) is 9.55. The molecule has 1 aromatic carbocycles. The molecule has 0 spiro atoms. The predicted octanol–water partition coefficient (Wildman–Crippen LogP) is 5.35. The van der Waals surface area contributed by atoms with Gasteiger partial charge in [-0.05, 0) is 56.9 Å². The van der Waals surface area contributed by atoms with Gasteiger partial charge in [-0.3, -0.25) is 9.21 Å². The van der Waals surface area contributed by atoms with E-state index in [-0.39, 0.29) is 34.0 Å². The average molecular weight is 690 g/mol. The second-order valence-electron chi connectivity index (χ2n) is 9.31. The molecule has 1 atom stereocenters. The van der Waals surface area contributed by atoms with Crippen molar-refractivity contribution in [1.82, 2.24) is 19.4 Å². The molecule has 42 heavy (non-hydrogen) atoms. The summed E-state index contributed by atoms with van der Waals surface area (Å²) in [6.45, 7) is 1.91. The third-order valence-corrected chi connectivity index (χ3v) is 8.79. The molecule has 1 fully saturated rings. The van der Waals surface area contributed by atoms with Gasteiger partial charge in [0, 0.05) is 55.2 Å². The molecule has 0 bridgehead atoms. The minimum Gasteiger partial charge on any atom is -0.305 e. The molecule has 0 aliphatic heterocycles. The van der Waals surface area contributed by atoms with E-state index < -0.39 is 24.8 Å². The number of hydrogen-bond donors (Lipinski definition) is 1. The van der Waals surface area contributed by atoms with Crippen molar-refractivity contribution in [2.45, 2.75) is 54.5 Å². The number of rotatable bonds is 8. The molecule has 1 aliphatic carbocycles. The average Bonchev–Trinajstić information content (AvgIpc) is 3.52. The molecule has 5 rings (SSSR count). The van der Waals surface area contributed by atoms with Crippen molar-refractivity contribution in [3.05, 3.63) is 75.6 Å². The molecule has 1 unspecified atom stereocenters. The van der Waals surface area contributed by atoms with E-state index in [1.165, 1.54) is 30.1 Å². The van der Waals surface area contributed by atoms with E-state index in [9.17, 15) is 34.5 Å². The monoisotopic (exact) mass is 690 g/mol. The molecular weight excluding hydrogens is 669 g/mol. The first kappa shape index (κ1) is 31.4. The van der Waals surface area contributed by atoms with Gasteiger partial charge in [0.25, 0.3) is 0 Å². The Morgan fingerprint density at radius 1 is 1.14 bits per heavy atom. The first-order valence-electron chi connectivity index (χ1n) is 12.3. The van der Waals surface area contributed by atoms with Crippen molar-refractivity contribution in [3.8, 4) is 23.3 Å². The fourth-order valence-corrected chi connectivity index (χ4v) is 6.82. The zero-order chi connectivity index (χ0) is 29.3. The number of halogens is 1. The van der Waals surface area contributed by atoms with Gasteiger partial charge in [0.15, 0.2) is 0 Å². The Morgan fingerprint density at radius 2 is 1.86 bits per heavy atom. The van der Waals surface area contributed by atoms with Gasteiger partial charge in [-0.15, -0.1) is 10.1 Å². The largest absolute Gasteiger partial charge is 0.504 e. The van der Waals surface area contributed by atoms with Crippen molar-refractivity contribution in [2.75, 3.05) is 0 Å². The summed E-state index contributed by atoms with van der Waals surface area (Å²) in [6.07, 6.45) is 6.14. The third kappa shape index (κ3) is 6.59. The van der Waals surface area contributed by atoms with Crippen molar-refractivity contribution in [2.24, 2.45) is 0 Å². The van der Waals surface area contributed by atoms with E-state index in [4.69, 9.17) is 4.52 Å². The Hall–Kier alpha value is -3.53. The molecule has 215 valence electrons. The molecule has 1 N–H and O–H groups in total. The molecular formula is C25H21FN7NbO6PS. The van der Waals surface area contributed by atoms with E-state index in [1.54, 1.807) is 16.9 Å². The van der Waals surface area contributed by atoms with E-state index in [0.29, 0.717) is 46.6 Å². The second-order valence-corrected chi connectivity index (χ2v) is 11.7. The summed E-state index contributed by atoms with van der Waals surface area (Å²) in [5.41, 5.74) is 3.48. The minimum atomic E-state index is -4.80. The molecule has 0 amide bonds. The number of nitriles is 2. The fraction of sp³-hybridized carbons (Fsp3) is 0.280. The smallest absolute Gasteiger partial charge is 0.305 e. The van der Waals surface area contributed by atoms with E-state index in [2.05, 4.69) is 20.9 Å². The van der Waals surface area contributed by atoms with Crippen LogP contribution < -0.4 is 0 Å². The predicted molar refractivity (Wildman–Crippen MR) is 141 cm³/mol. The summed E-state index contributed by atoms with van der Waals surface area (Å²) < 4.78 is 37.7. The standard InChI is InChI=1S/C25H21FN7O6PS.Nb/c1-15-22(13-30-32(15)20-3-5-21(6-4-20)38-40(36,37)39-33(34)35)17-9-24(25-18(11-28)12-29-31(25)14-17)41-23-7-2-19(26)8-16(23)10-27;/h2,7-9,12-14,20-21H,3-6H2,1H3,(H,36,37);. The molecule has 1 aliphatic rings. The van der Waals surface area contributed by atoms with E-state index in [1.807, 2.05) is 23.7 Å². The molecule has 0 saturated heterocycles. The number of phosphoric acid groups is 1. The van der Waals surface area contributed by atoms with Gasteiger partial charge in [-0.25, -0.2) is 13.5 Å². The minimum absolute atomic E-state index is 0. The van der Waals surface area contributed by atoms with Gasteiger partial charge in [0.1, 0.15) is 18.0 Å². The number of fused-ring (bicyclic) bond motifs is 1. The number of pyridine rings is 1. The maximum absolute atomic E-state index is 13.7. The van der Waals surface area contributed by atoms with Crippen LogP contribution in [0.1, 0.15) is 48.5 Å². The number of nitrogens with zero attached hydrogens (tertiary/aromatic N) is 7. The Bertz CT molecular complexity index is 1790. The fourth-order valence-electron chi connectivity index (χ4n) is 4.95. The zero-order valence-corrected chi connectivity index (χ0v) is 25.7. The van der Waals surface area contributed by atoms with Crippen LogP contribution >= 0.6 is 19.6 Å². The van der Waals surface area contributed by atoms with Crippen molar-refractivity contribution < 1.29 is 50.5 Å². The van der Waals surface area contributed by atoms with Crippen LogP contribution in [0.25, 0.3) is 16.6 Å². The van der Waals surface area contributed by atoms with Crippen LogP contribution in [0.3, 0.4) is 0 Å². The third-order valence-electron chi connectivity index (χ3n) is 6.78. The molecule has 4 aromatic rings. The van der Waals surface area contributed by atoms with E-state index >= 15 is 0 Å². The maximum Gasteiger partial charge on any atom is 0.504 e. The first-order valence-corrected chi connectivity index (χ1v) is 14.6. The number of aromatic nitrogens is 4. The normalized spacial score (nSPS) is 17.9. The zero-order valence-electron chi connectivity index (χ0n) is 21.8. The SMILES string of the molecule is Cc1c(-c2cc(Sc3ccc(F)cc3C#N)c3c(C#N)cnn3c2)cnn1C1CCC(OP(=O)(O)O[N+](=O)[O-])CC1.[Nb]. The number of hydrogen-bond acceptors (Lipinski definition) is 10. The molecule has 1 saturated carbocycles. The first-order chi connectivity index (χ1) is 19.6. The Balaban J connectivity index is 0.00000405. The van der Waals surface area contributed by atoms with Crippen LogP contribution in [0.4, 0.5) is 4.39 Å². The summed E-state index contributed by atoms with van der Waals surface area (Å²) in [4.78, 5) is 21.1. The molecule has 3 aromatic heterocycles. The Morgan fingerprint density at radius 3 is 2.52 bits per heavy atom. The number of phosphoric ester groups is 1. The van der Waals surface area contributed by atoms with Crippen LogP contribution in [-0.2, 0) is 36.1 Å². The van der Waals surface area contributed by atoms with Crippen LogP contribution in [0.2, 0.25) is 0 Å². The summed E-state index contributed by atoms with van der Waals surface area (Å²) in [5.74, 6) is -0.522. The molecule has 17 heteroatoms. The van der Waals surface area contributed by atoms with Crippen LogP contribution in [0.5, 0.6) is 0 Å². The summed E-state index contributed by atoms with van der Waals surface area (Å²) in [7, 11) is -4.80.